The number of nitrogens with zero attached hydrogens (tertiary/aromatic N) is 4. The fourth-order valence-electron chi connectivity index (χ4n) is 2.68. The molecule has 1 aromatic carbocycles. The van der Waals surface area contributed by atoms with Gasteiger partial charge in [0.2, 0.25) is 0 Å². The average molecular weight is 315 g/mol. The molecule has 122 valence electrons. The molecule has 0 radical (unpaired) electrons. The zero-order chi connectivity index (χ0) is 16.1. The second-order valence-electron chi connectivity index (χ2n) is 5.61. The van der Waals surface area contributed by atoms with Crippen LogP contribution >= 0.6 is 0 Å². The zero-order valence-corrected chi connectivity index (χ0v) is 13.2. The minimum Gasteiger partial charge on any atom is -0.377 e. The van der Waals surface area contributed by atoms with Crippen molar-refractivity contribution in [3.8, 4) is 5.69 Å². The van der Waals surface area contributed by atoms with Gasteiger partial charge in [0.1, 0.15) is 12.7 Å². The van der Waals surface area contributed by atoms with E-state index in [2.05, 4.69) is 15.4 Å². The van der Waals surface area contributed by atoms with Crippen LogP contribution in [0.5, 0.6) is 0 Å². The molecule has 1 fully saturated rings. The third-order valence-corrected chi connectivity index (χ3v) is 3.83. The molecule has 0 unspecified atom stereocenters. The van der Waals surface area contributed by atoms with Gasteiger partial charge in [0.25, 0.3) is 0 Å². The van der Waals surface area contributed by atoms with Gasteiger partial charge in [0, 0.05) is 26.2 Å². The molecule has 7 nitrogen and oxygen atoms in total. The van der Waals surface area contributed by atoms with Crippen molar-refractivity contribution in [2.24, 2.45) is 0 Å². The summed E-state index contributed by atoms with van der Waals surface area (Å²) >= 11 is 0. The van der Waals surface area contributed by atoms with Gasteiger partial charge in [-0.1, -0.05) is 18.2 Å². The minimum absolute atomic E-state index is 0.0595. The van der Waals surface area contributed by atoms with Crippen molar-refractivity contribution >= 4 is 6.03 Å². The lowest BCUT2D eigenvalue weighted by Crippen LogP contribution is -2.42. The lowest BCUT2D eigenvalue weighted by atomic mass is 10.2. The van der Waals surface area contributed by atoms with Crippen LogP contribution in [-0.4, -0.2) is 51.5 Å². The average Bonchev–Trinajstić information content (AvgIpc) is 3.01. The fraction of sp³-hybridized carbons (Fsp3) is 0.438. The molecule has 1 N–H and O–H groups in total. The third-order valence-electron chi connectivity index (χ3n) is 3.83. The molecule has 1 aliphatic heterocycles. The molecule has 0 spiro atoms. The number of benzene rings is 1. The number of rotatable bonds is 3. The molecule has 0 bridgehead atoms. The van der Waals surface area contributed by atoms with E-state index >= 15 is 0 Å². The Bertz CT molecular complexity index is 644. The minimum atomic E-state index is -0.0595. The molecule has 3 rings (SSSR count). The van der Waals surface area contributed by atoms with Crippen molar-refractivity contribution in [3.63, 3.8) is 0 Å². The van der Waals surface area contributed by atoms with Gasteiger partial charge >= 0.3 is 6.03 Å². The first-order valence-corrected chi connectivity index (χ1v) is 7.81. The maximum Gasteiger partial charge on any atom is 0.317 e. The Morgan fingerprint density at radius 1 is 1.43 bits per heavy atom. The Morgan fingerprint density at radius 2 is 2.30 bits per heavy atom. The third kappa shape index (κ3) is 3.87. The molecule has 0 aliphatic carbocycles. The number of hydrogen-bond acceptors (Lipinski definition) is 4. The predicted octanol–water partition coefficient (Wildman–Crippen LogP) is 1.59. The summed E-state index contributed by atoms with van der Waals surface area (Å²) in [4.78, 5) is 18.2. The van der Waals surface area contributed by atoms with Crippen molar-refractivity contribution in [2.45, 2.75) is 26.0 Å². The predicted molar refractivity (Wildman–Crippen MR) is 85.2 cm³/mol. The summed E-state index contributed by atoms with van der Waals surface area (Å²) in [5.41, 5.74) is 1.91. The molecule has 7 heteroatoms. The molecule has 23 heavy (non-hydrogen) atoms. The van der Waals surface area contributed by atoms with E-state index in [0.29, 0.717) is 19.7 Å². The molecule has 2 heterocycles. The molecule has 1 saturated heterocycles. The van der Waals surface area contributed by atoms with Gasteiger partial charge in [0.05, 0.1) is 11.8 Å². The monoisotopic (exact) mass is 315 g/mol. The van der Waals surface area contributed by atoms with Gasteiger partial charge in [-0.15, -0.1) is 0 Å². The lowest BCUT2D eigenvalue weighted by Gasteiger charge is -2.22. The van der Waals surface area contributed by atoms with Gasteiger partial charge in [-0.2, -0.15) is 5.10 Å². The summed E-state index contributed by atoms with van der Waals surface area (Å²) < 4.78 is 7.27. The highest BCUT2D eigenvalue weighted by Gasteiger charge is 2.19. The highest BCUT2D eigenvalue weighted by molar-refractivity contribution is 5.74. The van der Waals surface area contributed by atoms with Crippen LogP contribution in [-0.2, 0) is 11.3 Å². The van der Waals surface area contributed by atoms with Crippen LogP contribution in [0, 0.1) is 0 Å². The topological polar surface area (TPSA) is 72.3 Å². The van der Waals surface area contributed by atoms with Crippen molar-refractivity contribution < 1.29 is 9.53 Å². The Kier molecular flexibility index (Phi) is 4.87. The van der Waals surface area contributed by atoms with E-state index in [1.807, 2.05) is 36.1 Å². The van der Waals surface area contributed by atoms with Crippen molar-refractivity contribution in [1.82, 2.24) is 25.0 Å². The highest BCUT2D eigenvalue weighted by Crippen LogP contribution is 2.13. The van der Waals surface area contributed by atoms with Crippen LogP contribution < -0.4 is 5.32 Å². The molecule has 2 amide bonds. The Labute approximate surface area is 135 Å². The summed E-state index contributed by atoms with van der Waals surface area (Å²) in [6.07, 6.45) is 4.08. The van der Waals surface area contributed by atoms with Gasteiger partial charge < -0.3 is 15.0 Å². The van der Waals surface area contributed by atoms with E-state index in [0.717, 1.165) is 24.2 Å². The molecule has 1 aliphatic rings. The first-order chi connectivity index (χ1) is 11.2. The van der Waals surface area contributed by atoms with E-state index in [-0.39, 0.29) is 12.1 Å². The second kappa shape index (κ2) is 7.23. The summed E-state index contributed by atoms with van der Waals surface area (Å²) in [7, 11) is 0. The lowest BCUT2D eigenvalue weighted by molar-refractivity contribution is 0.0710. The van der Waals surface area contributed by atoms with E-state index in [1.165, 1.54) is 6.33 Å². The maximum atomic E-state index is 12.4. The quantitative estimate of drug-likeness (QED) is 0.933. The van der Waals surface area contributed by atoms with Crippen molar-refractivity contribution in [3.05, 3.63) is 42.5 Å². The number of nitrogens with one attached hydrogen (secondary N) is 1. The maximum absolute atomic E-state index is 12.4. The Morgan fingerprint density at radius 3 is 3.13 bits per heavy atom. The first kappa shape index (κ1) is 15.5. The van der Waals surface area contributed by atoms with Gasteiger partial charge in [-0.3, -0.25) is 0 Å². The van der Waals surface area contributed by atoms with Crippen LogP contribution in [0.4, 0.5) is 4.79 Å². The molecule has 0 saturated carbocycles. The van der Waals surface area contributed by atoms with Gasteiger partial charge in [-0.25, -0.2) is 14.5 Å². The summed E-state index contributed by atoms with van der Waals surface area (Å²) in [5.74, 6) is 0. The second-order valence-corrected chi connectivity index (χ2v) is 5.61. The number of hydrogen-bond donors (Lipinski definition) is 1. The summed E-state index contributed by atoms with van der Waals surface area (Å²) in [5, 5.41) is 7.14. The summed E-state index contributed by atoms with van der Waals surface area (Å²) in [6.45, 7) is 4.49. The smallest absolute Gasteiger partial charge is 0.317 e. The SMILES string of the molecule is C[C@H]1CN(C(=O)NCc2ccccc2-n2cncn2)CCCO1. The van der Waals surface area contributed by atoms with Gasteiger partial charge in [0.15, 0.2) is 0 Å². The van der Waals surface area contributed by atoms with E-state index in [4.69, 9.17) is 4.74 Å². The number of carbonyl (C=O) groups is 1. The number of urea groups is 1. The molecule has 1 aromatic heterocycles. The molecule has 2 aromatic rings. The van der Waals surface area contributed by atoms with Crippen molar-refractivity contribution in [1.29, 1.82) is 0 Å². The number of carbonyl (C=O) groups excluding carboxylic acids is 1. The van der Waals surface area contributed by atoms with Crippen LogP contribution in [0.2, 0.25) is 0 Å². The van der Waals surface area contributed by atoms with Crippen LogP contribution in [0.15, 0.2) is 36.9 Å². The molecular formula is C16H21N5O2. The van der Waals surface area contributed by atoms with E-state index in [9.17, 15) is 4.79 Å². The molecular weight excluding hydrogens is 294 g/mol. The van der Waals surface area contributed by atoms with Crippen molar-refractivity contribution in [2.75, 3.05) is 19.7 Å². The first-order valence-electron chi connectivity index (χ1n) is 7.81. The van der Waals surface area contributed by atoms with Crippen LogP contribution in [0.1, 0.15) is 18.9 Å². The number of aromatic nitrogens is 3. The number of ether oxygens (including phenoxy) is 1. The zero-order valence-electron chi connectivity index (χ0n) is 13.2. The van der Waals surface area contributed by atoms with Gasteiger partial charge in [-0.05, 0) is 25.0 Å². The highest BCUT2D eigenvalue weighted by atomic mass is 16.5. The Hall–Kier alpha value is -2.41. The van der Waals surface area contributed by atoms with E-state index < -0.39 is 0 Å². The van der Waals surface area contributed by atoms with Crippen LogP contribution in [0.25, 0.3) is 5.69 Å². The molecule has 1 atom stereocenters. The van der Waals surface area contributed by atoms with E-state index in [1.54, 1.807) is 11.0 Å². The fourth-order valence-corrected chi connectivity index (χ4v) is 2.68. The summed E-state index contributed by atoms with van der Waals surface area (Å²) in [6, 6.07) is 7.76. The standard InChI is InChI=1S/C16H21N5O2/c1-13-10-20(7-4-8-23-13)16(22)18-9-14-5-2-3-6-15(14)21-12-17-11-19-21/h2-3,5-6,11-13H,4,7-10H2,1H3,(H,18,22)/t13-/m0/s1. The normalized spacial score (nSPS) is 18.5. The number of para-hydroxylation sites is 1. The Balaban J connectivity index is 1.65. The largest absolute Gasteiger partial charge is 0.377 e. The number of amides is 2. The van der Waals surface area contributed by atoms with Crippen LogP contribution in [0.3, 0.4) is 0 Å².